The van der Waals surface area contributed by atoms with Gasteiger partial charge in [0.2, 0.25) is 0 Å². The lowest BCUT2D eigenvalue weighted by atomic mass is 9.95. The van der Waals surface area contributed by atoms with Crippen molar-refractivity contribution in [1.82, 2.24) is 9.78 Å². The van der Waals surface area contributed by atoms with Crippen LogP contribution in [0.4, 0.5) is 11.5 Å². The summed E-state index contributed by atoms with van der Waals surface area (Å²) in [7, 11) is 1.97. The molecule has 17 heavy (non-hydrogen) atoms. The Labute approximate surface area is 104 Å². The predicted molar refractivity (Wildman–Crippen MR) is 72.2 cm³/mol. The van der Waals surface area contributed by atoms with Gasteiger partial charge in [-0.3, -0.25) is 4.68 Å². The third-order valence-electron chi connectivity index (χ3n) is 3.61. The second-order valence-corrected chi connectivity index (χ2v) is 5.41. The van der Waals surface area contributed by atoms with Gasteiger partial charge in [-0.25, -0.2) is 0 Å². The Bertz CT molecular complexity index is 375. The Morgan fingerprint density at radius 1 is 1.29 bits per heavy atom. The number of nitrogens with zero attached hydrogens (tertiary/aromatic N) is 2. The second-order valence-electron chi connectivity index (χ2n) is 5.41. The monoisotopic (exact) mass is 236 g/mol. The van der Waals surface area contributed by atoms with E-state index in [1.54, 1.807) is 0 Å². The second kappa shape index (κ2) is 4.98. The summed E-state index contributed by atoms with van der Waals surface area (Å²) in [5.41, 5.74) is 8.01. The van der Waals surface area contributed by atoms with E-state index in [4.69, 9.17) is 5.73 Å². The van der Waals surface area contributed by atoms with Crippen molar-refractivity contribution in [3.05, 3.63) is 5.69 Å². The molecule has 1 aromatic heterocycles. The number of nitrogens with one attached hydrogen (secondary N) is 1. The highest BCUT2D eigenvalue weighted by molar-refractivity contribution is 5.66. The van der Waals surface area contributed by atoms with Crippen molar-refractivity contribution in [1.29, 1.82) is 0 Å². The van der Waals surface area contributed by atoms with Crippen molar-refractivity contribution < 1.29 is 0 Å². The van der Waals surface area contributed by atoms with Crippen LogP contribution in [0.5, 0.6) is 0 Å². The summed E-state index contributed by atoms with van der Waals surface area (Å²) in [6.07, 6.45) is 6.53. The summed E-state index contributed by atoms with van der Waals surface area (Å²) in [6, 6.07) is 0.571. The van der Waals surface area contributed by atoms with E-state index >= 15 is 0 Å². The lowest BCUT2D eigenvalue weighted by Crippen LogP contribution is -2.24. The normalized spacial score (nSPS) is 17.6. The number of nitrogens with two attached hydrogens (primary N) is 1. The highest BCUT2D eigenvalue weighted by Crippen LogP contribution is 2.30. The minimum Gasteiger partial charge on any atom is -0.394 e. The minimum atomic E-state index is 0.378. The van der Waals surface area contributed by atoms with Crippen LogP contribution >= 0.6 is 0 Å². The molecule has 1 heterocycles. The van der Waals surface area contributed by atoms with Crippen LogP contribution in [0.15, 0.2) is 0 Å². The molecule has 0 spiro atoms. The van der Waals surface area contributed by atoms with E-state index in [1.807, 2.05) is 11.7 Å². The summed E-state index contributed by atoms with van der Waals surface area (Å²) in [4.78, 5) is 0. The van der Waals surface area contributed by atoms with E-state index in [2.05, 4.69) is 24.3 Å². The lowest BCUT2D eigenvalue weighted by molar-refractivity contribution is 0.460. The first-order valence-electron chi connectivity index (χ1n) is 6.68. The minimum absolute atomic E-state index is 0.378. The third kappa shape index (κ3) is 2.56. The van der Waals surface area contributed by atoms with Gasteiger partial charge in [-0.05, 0) is 18.8 Å². The summed E-state index contributed by atoms with van der Waals surface area (Å²) < 4.78 is 1.89. The number of nitrogen functional groups attached to an aromatic ring is 1. The highest BCUT2D eigenvalue weighted by Gasteiger charge is 2.19. The first-order chi connectivity index (χ1) is 8.09. The SMILES string of the molecule is CC(C)c1nn(C)c(NC2CCCCC2)c1N. The Balaban J connectivity index is 2.14. The van der Waals surface area contributed by atoms with Crippen LogP contribution in [-0.2, 0) is 7.05 Å². The molecule has 0 atom stereocenters. The molecule has 0 radical (unpaired) electrons. The average Bonchev–Trinajstić information content (AvgIpc) is 2.58. The van der Waals surface area contributed by atoms with Gasteiger partial charge in [0, 0.05) is 13.1 Å². The number of hydrogen-bond donors (Lipinski definition) is 2. The molecule has 4 heteroatoms. The summed E-state index contributed by atoms with van der Waals surface area (Å²) in [5, 5.41) is 8.07. The Morgan fingerprint density at radius 2 is 1.94 bits per heavy atom. The molecule has 0 unspecified atom stereocenters. The molecule has 0 aromatic carbocycles. The predicted octanol–water partition coefficient (Wildman–Crippen LogP) is 2.87. The average molecular weight is 236 g/mol. The molecule has 1 saturated carbocycles. The fraction of sp³-hybridized carbons (Fsp3) is 0.769. The summed E-state index contributed by atoms with van der Waals surface area (Å²) in [5.74, 6) is 1.38. The Kier molecular flexibility index (Phi) is 3.60. The van der Waals surface area contributed by atoms with E-state index in [0.717, 1.165) is 17.2 Å². The largest absolute Gasteiger partial charge is 0.394 e. The van der Waals surface area contributed by atoms with Crippen LogP contribution in [0.2, 0.25) is 0 Å². The molecule has 0 aliphatic heterocycles. The van der Waals surface area contributed by atoms with Gasteiger partial charge in [-0.2, -0.15) is 5.10 Å². The summed E-state index contributed by atoms with van der Waals surface area (Å²) >= 11 is 0. The van der Waals surface area contributed by atoms with Crippen LogP contribution in [0.25, 0.3) is 0 Å². The fourth-order valence-electron chi connectivity index (χ4n) is 2.60. The van der Waals surface area contributed by atoms with Crippen molar-refractivity contribution in [2.24, 2.45) is 7.05 Å². The Hall–Kier alpha value is -1.19. The topological polar surface area (TPSA) is 55.9 Å². The zero-order valence-corrected chi connectivity index (χ0v) is 11.2. The maximum Gasteiger partial charge on any atom is 0.148 e. The molecule has 2 rings (SSSR count). The zero-order chi connectivity index (χ0) is 12.4. The van der Waals surface area contributed by atoms with Crippen molar-refractivity contribution in [2.75, 3.05) is 11.1 Å². The summed E-state index contributed by atoms with van der Waals surface area (Å²) in [6.45, 7) is 4.26. The van der Waals surface area contributed by atoms with Crippen molar-refractivity contribution >= 4 is 11.5 Å². The van der Waals surface area contributed by atoms with E-state index in [0.29, 0.717) is 12.0 Å². The van der Waals surface area contributed by atoms with Gasteiger partial charge in [0.25, 0.3) is 0 Å². The van der Waals surface area contributed by atoms with E-state index in [9.17, 15) is 0 Å². The van der Waals surface area contributed by atoms with Gasteiger partial charge in [-0.15, -0.1) is 0 Å². The van der Waals surface area contributed by atoms with Crippen molar-refractivity contribution in [2.45, 2.75) is 57.9 Å². The van der Waals surface area contributed by atoms with Gasteiger partial charge >= 0.3 is 0 Å². The van der Waals surface area contributed by atoms with E-state index in [-0.39, 0.29) is 0 Å². The smallest absolute Gasteiger partial charge is 0.148 e. The van der Waals surface area contributed by atoms with Crippen LogP contribution in [0.3, 0.4) is 0 Å². The first-order valence-corrected chi connectivity index (χ1v) is 6.68. The van der Waals surface area contributed by atoms with Crippen LogP contribution in [-0.4, -0.2) is 15.8 Å². The maximum absolute atomic E-state index is 6.18. The number of aryl methyl sites for hydroxylation is 1. The first kappa shape index (κ1) is 12.3. The number of aromatic nitrogens is 2. The number of hydrogen-bond acceptors (Lipinski definition) is 3. The quantitative estimate of drug-likeness (QED) is 0.848. The van der Waals surface area contributed by atoms with Gasteiger partial charge < -0.3 is 11.1 Å². The molecule has 4 nitrogen and oxygen atoms in total. The molecule has 0 saturated heterocycles. The molecule has 0 bridgehead atoms. The van der Waals surface area contributed by atoms with E-state index < -0.39 is 0 Å². The fourth-order valence-corrected chi connectivity index (χ4v) is 2.60. The molecule has 96 valence electrons. The standard InChI is InChI=1S/C13H24N4/c1-9(2)12-11(14)13(17(3)16-12)15-10-7-5-4-6-8-10/h9-10,15H,4-8,14H2,1-3H3. The molecule has 0 amide bonds. The van der Waals surface area contributed by atoms with Crippen LogP contribution in [0, 0.1) is 0 Å². The molecule has 1 aliphatic carbocycles. The Morgan fingerprint density at radius 3 is 2.47 bits per heavy atom. The zero-order valence-electron chi connectivity index (χ0n) is 11.2. The van der Waals surface area contributed by atoms with Crippen molar-refractivity contribution in [3.63, 3.8) is 0 Å². The number of rotatable bonds is 3. The molecule has 3 N–H and O–H groups in total. The molecular weight excluding hydrogens is 212 g/mol. The van der Waals surface area contributed by atoms with Gasteiger partial charge in [0.1, 0.15) is 5.82 Å². The molecular formula is C13H24N4. The van der Waals surface area contributed by atoms with E-state index in [1.165, 1.54) is 32.1 Å². The molecule has 1 fully saturated rings. The van der Waals surface area contributed by atoms with Crippen molar-refractivity contribution in [3.8, 4) is 0 Å². The van der Waals surface area contributed by atoms with Crippen LogP contribution < -0.4 is 11.1 Å². The lowest BCUT2D eigenvalue weighted by Gasteiger charge is -2.24. The van der Waals surface area contributed by atoms with Gasteiger partial charge in [0.05, 0.1) is 11.4 Å². The maximum atomic E-state index is 6.18. The third-order valence-corrected chi connectivity index (χ3v) is 3.61. The van der Waals surface area contributed by atoms with Crippen LogP contribution in [0.1, 0.15) is 57.6 Å². The number of anilines is 2. The highest BCUT2D eigenvalue weighted by atomic mass is 15.3. The molecule has 1 aromatic rings. The van der Waals surface area contributed by atoms with Gasteiger partial charge in [0.15, 0.2) is 0 Å². The molecule has 1 aliphatic rings. The van der Waals surface area contributed by atoms with Gasteiger partial charge in [-0.1, -0.05) is 33.1 Å².